The number of aromatic nitrogens is 4. The number of rotatable bonds is 9. The summed E-state index contributed by atoms with van der Waals surface area (Å²) in [6, 6.07) is 12.4. The van der Waals surface area contributed by atoms with E-state index < -0.39 is 0 Å². The Hall–Kier alpha value is -3.41. The number of allylic oxidation sites excluding steroid dienone is 1. The molecular formula is C27H34FN5. The molecule has 174 valence electrons. The summed E-state index contributed by atoms with van der Waals surface area (Å²) in [6.07, 6.45) is 6.21. The zero-order chi connectivity index (χ0) is 23.8. The number of halogens is 1. The van der Waals surface area contributed by atoms with Gasteiger partial charge in [-0.05, 0) is 42.5 Å². The number of H-pyrrole nitrogens is 2. The lowest BCUT2D eigenvalue weighted by molar-refractivity contribution is 0.508. The molecule has 0 aliphatic rings. The van der Waals surface area contributed by atoms with Gasteiger partial charge < -0.3 is 10.3 Å². The van der Waals surface area contributed by atoms with E-state index in [4.69, 9.17) is 4.98 Å². The van der Waals surface area contributed by atoms with Crippen LogP contribution in [0.3, 0.4) is 0 Å². The fourth-order valence-corrected chi connectivity index (χ4v) is 4.07. The number of nitrogens with zero attached hydrogens (tertiary/aromatic N) is 2. The van der Waals surface area contributed by atoms with Gasteiger partial charge in [0.15, 0.2) is 5.82 Å². The van der Waals surface area contributed by atoms with Crippen molar-refractivity contribution in [2.45, 2.75) is 53.4 Å². The van der Waals surface area contributed by atoms with E-state index in [1.807, 2.05) is 38.1 Å². The van der Waals surface area contributed by atoms with E-state index >= 15 is 0 Å². The fourth-order valence-electron chi connectivity index (χ4n) is 4.07. The molecular weight excluding hydrogens is 413 g/mol. The molecule has 0 aliphatic carbocycles. The summed E-state index contributed by atoms with van der Waals surface area (Å²) in [6.45, 7) is 12.7. The molecule has 0 spiro atoms. The lowest BCUT2D eigenvalue weighted by atomic mass is 9.95. The highest BCUT2D eigenvalue weighted by atomic mass is 19.1. The minimum Gasteiger partial charge on any atom is -0.356 e. The van der Waals surface area contributed by atoms with Gasteiger partial charge >= 0.3 is 0 Å². The van der Waals surface area contributed by atoms with Crippen LogP contribution in [0.2, 0.25) is 0 Å². The summed E-state index contributed by atoms with van der Waals surface area (Å²) in [5.74, 6) is 0.833. The smallest absolute Gasteiger partial charge is 0.158 e. The Labute approximate surface area is 195 Å². The van der Waals surface area contributed by atoms with Crippen LogP contribution in [-0.2, 0) is 0 Å². The first-order valence-electron chi connectivity index (χ1n) is 11.8. The number of benzene rings is 2. The maximum absolute atomic E-state index is 13.8. The molecule has 0 atom stereocenters. The van der Waals surface area contributed by atoms with Gasteiger partial charge in [0, 0.05) is 11.3 Å². The van der Waals surface area contributed by atoms with Crippen molar-refractivity contribution in [1.29, 1.82) is 0 Å². The van der Waals surface area contributed by atoms with Crippen molar-refractivity contribution in [2.24, 2.45) is 5.92 Å². The highest BCUT2D eigenvalue weighted by Gasteiger charge is 2.17. The van der Waals surface area contributed by atoms with E-state index in [1.165, 1.54) is 12.1 Å². The Morgan fingerprint density at radius 1 is 1.09 bits per heavy atom. The van der Waals surface area contributed by atoms with Crippen LogP contribution in [0.4, 0.5) is 10.1 Å². The summed E-state index contributed by atoms with van der Waals surface area (Å²) in [5, 5.41) is 10.7. The molecule has 0 saturated heterocycles. The lowest BCUT2D eigenvalue weighted by Crippen LogP contribution is -2.11. The van der Waals surface area contributed by atoms with Crippen molar-refractivity contribution in [3.8, 4) is 22.6 Å². The molecule has 0 fully saturated rings. The Morgan fingerprint density at radius 3 is 2.52 bits per heavy atom. The van der Waals surface area contributed by atoms with E-state index in [2.05, 4.69) is 40.9 Å². The number of imidazole rings is 1. The second-order valence-corrected chi connectivity index (χ2v) is 7.88. The first-order valence-corrected chi connectivity index (χ1v) is 11.8. The topological polar surface area (TPSA) is 69.4 Å². The number of anilines is 1. The molecule has 0 bridgehead atoms. The molecule has 4 aromatic rings. The number of nitrogens with one attached hydrogen (secondary N) is 3. The number of aromatic amines is 2. The predicted octanol–water partition coefficient (Wildman–Crippen LogP) is 7.93. The largest absolute Gasteiger partial charge is 0.356 e. The molecule has 3 N–H and O–H groups in total. The Kier molecular flexibility index (Phi) is 8.41. The van der Waals surface area contributed by atoms with Crippen LogP contribution in [0.25, 0.3) is 33.7 Å². The predicted molar refractivity (Wildman–Crippen MR) is 136 cm³/mol. The van der Waals surface area contributed by atoms with Crippen LogP contribution in [0.5, 0.6) is 0 Å². The molecule has 0 saturated carbocycles. The van der Waals surface area contributed by atoms with E-state index in [9.17, 15) is 4.39 Å². The monoisotopic (exact) mass is 447 g/mol. The normalized spacial score (nSPS) is 10.8. The number of hydrogen-bond acceptors (Lipinski definition) is 3. The molecule has 5 nitrogen and oxygen atoms in total. The van der Waals surface area contributed by atoms with Gasteiger partial charge in [0.25, 0.3) is 0 Å². The van der Waals surface area contributed by atoms with Crippen molar-refractivity contribution in [1.82, 2.24) is 20.2 Å². The number of fused-ring (bicyclic) bond motifs is 1. The van der Waals surface area contributed by atoms with Crippen LogP contribution in [0.15, 0.2) is 60.9 Å². The first kappa shape index (κ1) is 24.2. The molecule has 33 heavy (non-hydrogen) atoms. The van der Waals surface area contributed by atoms with Gasteiger partial charge in [-0.3, -0.25) is 5.10 Å². The summed E-state index contributed by atoms with van der Waals surface area (Å²) in [4.78, 5) is 8.20. The maximum Gasteiger partial charge on any atom is 0.158 e. The molecule has 2 heterocycles. The van der Waals surface area contributed by atoms with Crippen molar-refractivity contribution < 1.29 is 4.39 Å². The number of para-hydroxylation sites is 1. The molecule has 0 radical (unpaired) electrons. The van der Waals surface area contributed by atoms with Gasteiger partial charge in [-0.2, -0.15) is 5.10 Å². The maximum atomic E-state index is 13.8. The van der Waals surface area contributed by atoms with E-state index in [1.54, 1.807) is 12.3 Å². The minimum atomic E-state index is -0.266. The third-order valence-electron chi connectivity index (χ3n) is 5.59. The quantitative estimate of drug-likeness (QED) is 0.244. The Bertz CT molecular complexity index is 1180. The van der Waals surface area contributed by atoms with Crippen LogP contribution < -0.4 is 5.32 Å². The van der Waals surface area contributed by atoms with Crippen molar-refractivity contribution >= 4 is 16.7 Å². The molecule has 6 heteroatoms. The molecule has 4 rings (SSSR count). The van der Waals surface area contributed by atoms with E-state index in [0.29, 0.717) is 11.7 Å². The lowest BCUT2D eigenvalue weighted by Gasteiger charge is -2.19. The van der Waals surface area contributed by atoms with Crippen molar-refractivity contribution in [3.63, 3.8) is 0 Å². The van der Waals surface area contributed by atoms with E-state index in [0.717, 1.165) is 64.9 Å². The van der Waals surface area contributed by atoms with Gasteiger partial charge in [0.1, 0.15) is 11.5 Å². The summed E-state index contributed by atoms with van der Waals surface area (Å²) >= 11 is 0. The molecule has 0 amide bonds. The summed E-state index contributed by atoms with van der Waals surface area (Å²) in [5.41, 5.74) is 5.96. The number of hydrogen-bond donors (Lipinski definition) is 3. The molecule has 0 aliphatic heterocycles. The Morgan fingerprint density at radius 2 is 1.82 bits per heavy atom. The van der Waals surface area contributed by atoms with Crippen LogP contribution in [0, 0.1) is 11.7 Å². The van der Waals surface area contributed by atoms with Gasteiger partial charge in [-0.25, -0.2) is 9.37 Å². The van der Waals surface area contributed by atoms with Crippen molar-refractivity contribution in [2.75, 3.05) is 5.32 Å². The standard InChI is InChI=1S/C25H28FN5.C2H6/c1-4-8-17(9-5-2)16(3)28-22-15-27-31-24(22)25-29-21-13-7-12-20(23(21)30-25)18-10-6-11-19(26)14-18;1-2/h6-7,10-15,17,28H,3-5,8-9H2,1-2H3,(H,27,31)(H,29,30);1-2H3. The zero-order valence-corrected chi connectivity index (χ0v) is 20.0. The Balaban J connectivity index is 0.00000149. The van der Waals surface area contributed by atoms with Gasteiger partial charge in [0.2, 0.25) is 0 Å². The van der Waals surface area contributed by atoms with Crippen LogP contribution >= 0.6 is 0 Å². The second-order valence-electron chi connectivity index (χ2n) is 7.88. The summed E-state index contributed by atoms with van der Waals surface area (Å²) < 4.78 is 13.8. The average Bonchev–Trinajstić information content (AvgIpc) is 3.46. The van der Waals surface area contributed by atoms with Crippen LogP contribution in [-0.4, -0.2) is 20.2 Å². The highest BCUT2D eigenvalue weighted by Crippen LogP contribution is 2.32. The zero-order valence-electron chi connectivity index (χ0n) is 20.0. The van der Waals surface area contributed by atoms with Gasteiger partial charge in [-0.15, -0.1) is 0 Å². The summed E-state index contributed by atoms with van der Waals surface area (Å²) in [7, 11) is 0. The first-order chi connectivity index (χ1) is 16.1. The highest BCUT2D eigenvalue weighted by molar-refractivity contribution is 5.94. The fraction of sp³-hybridized carbons (Fsp3) is 0.333. The second kappa shape index (κ2) is 11.5. The van der Waals surface area contributed by atoms with Crippen molar-refractivity contribution in [3.05, 3.63) is 66.8 Å². The van der Waals surface area contributed by atoms with Gasteiger partial charge in [0.05, 0.1) is 22.9 Å². The third kappa shape index (κ3) is 5.51. The van der Waals surface area contributed by atoms with E-state index in [-0.39, 0.29) is 5.82 Å². The van der Waals surface area contributed by atoms with Crippen LogP contribution in [0.1, 0.15) is 53.4 Å². The molecule has 2 aromatic carbocycles. The average molecular weight is 448 g/mol. The molecule has 0 unspecified atom stereocenters. The molecule has 2 aromatic heterocycles. The minimum absolute atomic E-state index is 0.266. The third-order valence-corrected chi connectivity index (χ3v) is 5.59. The van der Waals surface area contributed by atoms with Gasteiger partial charge in [-0.1, -0.05) is 71.4 Å². The SMILES string of the molecule is C=C(Nc1cn[nH]c1-c1nc2c(-c3cccc(F)c3)cccc2[nH]1)C(CCC)CCC.CC.